The molecule has 3 rings (SSSR count). The van der Waals surface area contributed by atoms with Crippen LogP contribution in [0.1, 0.15) is 63.5 Å². The molecule has 1 aromatic heterocycles. The van der Waals surface area contributed by atoms with Crippen LogP contribution in [0.4, 0.5) is 19.3 Å². The molecule has 1 N–H and O–H groups in total. The van der Waals surface area contributed by atoms with Gasteiger partial charge < -0.3 is 10.2 Å². The lowest BCUT2D eigenvalue weighted by molar-refractivity contribution is 0.145. The van der Waals surface area contributed by atoms with E-state index in [-0.39, 0.29) is 23.8 Å². The Hall–Kier alpha value is -2.50. The van der Waals surface area contributed by atoms with Crippen LogP contribution in [0.5, 0.6) is 0 Å². The van der Waals surface area contributed by atoms with E-state index in [1.165, 1.54) is 19.3 Å². The first-order valence-electron chi connectivity index (χ1n) is 10.00. The maximum atomic E-state index is 13.5. The summed E-state index contributed by atoms with van der Waals surface area (Å²) >= 11 is 0. The predicted octanol–water partition coefficient (Wildman–Crippen LogP) is 6.07. The van der Waals surface area contributed by atoms with Crippen molar-refractivity contribution in [1.29, 1.82) is 0 Å². The normalized spacial score (nSPS) is 16.7. The standard InChI is InChI=1S/C22H27F2N3O/c1-16(17-8-7-11-25-15-17)27(21-9-5-3-2-4-6-10-21)22(28)26-20-13-18(23)12-19(24)14-20/h7-8,11-16,21H,2-6,9-10H2,1H3,(H,26,28). The number of anilines is 1. The molecule has 0 radical (unpaired) electrons. The molecule has 1 aliphatic carbocycles. The summed E-state index contributed by atoms with van der Waals surface area (Å²) in [7, 11) is 0. The summed E-state index contributed by atoms with van der Waals surface area (Å²) < 4.78 is 27.1. The molecule has 0 aliphatic heterocycles. The molecule has 6 heteroatoms. The first kappa shape index (κ1) is 20.2. The molecule has 1 aliphatic rings. The van der Waals surface area contributed by atoms with E-state index in [9.17, 15) is 13.6 Å². The van der Waals surface area contributed by atoms with Gasteiger partial charge in [-0.25, -0.2) is 13.6 Å². The van der Waals surface area contributed by atoms with Gasteiger partial charge in [0.15, 0.2) is 0 Å². The molecule has 0 spiro atoms. The fraction of sp³-hybridized carbons (Fsp3) is 0.455. The Bertz CT molecular complexity index is 756. The third kappa shape index (κ3) is 5.27. The van der Waals surface area contributed by atoms with Crippen molar-refractivity contribution in [2.24, 2.45) is 0 Å². The fourth-order valence-electron chi connectivity index (χ4n) is 3.97. The van der Waals surface area contributed by atoms with Crippen molar-refractivity contribution in [3.8, 4) is 0 Å². The van der Waals surface area contributed by atoms with Gasteiger partial charge in [0.25, 0.3) is 0 Å². The highest BCUT2D eigenvalue weighted by Gasteiger charge is 2.29. The second-order valence-corrected chi connectivity index (χ2v) is 7.46. The number of amides is 2. The zero-order valence-corrected chi connectivity index (χ0v) is 16.2. The van der Waals surface area contributed by atoms with Crippen LogP contribution in [0.15, 0.2) is 42.7 Å². The fourth-order valence-corrected chi connectivity index (χ4v) is 3.97. The molecule has 0 saturated heterocycles. The van der Waals surface area contributed by atoms with Crippen molar-refractivity contribution in [3.05, 3.63) is 59.9 Å². The summed E-state index contributed by atoms with van der Waals surface area (Å²) in [5.41, 5.74) is 1.06. The van der Waals surface area contributed by atoms with Crippen LogP contribution in [0.2, 0.25) is 0 Å². The van der Waals surface area contributed by atoms with Crippen molar-refractivity contribution in [2.75, 3.05) is 5.32 Å². The van der Waals surface area contributed by atoms with Crippen molar-refractivity contribution in [3.63, 3.8) is 0 Å². The van der Waals surface area contributed by atoms with Crippen LogP contribution >= 0.6 is 0 Å². The molecule has 1 saturated carbocycles. The maximum absolute atomic E-state index is 13.5. The van der Waals surface area contributed by atoms with Gasteiger partial charge in [-0.1, -0.05) is 38.2 Å². The first-order valence-corrected chi connectivity index (χ1v) is 10.00. The Morgan fingerprint density at radius 1 is 1.11 bits per heavy atom. The van der Waals surface area contributed by atoms with Gasteiger partial charge >= 0.3 is 6.03 Å². The number of pyridine rings is 1. The molecule has 4 nitrogen and oxygen atoms in total. The average Bonchev–Trinajstić information content (AvgIpc) is 2.63. The van der Waals surface area contributed by atoms with Gasteiger partial charge in [-0.05, 0) is 43.5 Å². The third-order valence-corrected chi connectivity index (χ3v) is 5.40. The van der Waals surface area contributed by atoms with Crippen molar-refractivity contribution in [2.45, 2.75) is 64.0 Å². The summed E-state index contributed by atoms with van der Waals surface area (Å²) in [4.78, 5) is 19.2. The van der Waals surface area contributed by atoms with E-state index < -0.39 is 11.6 Å². The highest BCUT2D eigenvalue weighted by molar-refractivity contribution is 5.89. The Morgan fingerprint density at radius 2 is 1.75 bits per heavy atom. The Balaban J connectivity index is 1.86. The van der Waals surface area contributed by atoms with Crippen LogP contribution in [-0.4, -0.2) is 22.0 Å². The van der Waals surface area contributed by atoms with Gasteiger partial charge in [0, 0.05) is 30.2 Å². The van der Waals surface area contributed by atoms with Gasteiger partial charge in [0.2, 0.25) is 0 Å². The number of nitrogens with zero attached hydrogens (tertiary/aromatic N) is 2. The molecule has 0 bridgehead atoms. The summed E-state index contributed by atoms with van der Waals surface area (Å²) in [5.74, 6) is -1.43. The highest BCUT2D eigenvalue weighted by Crippen LogP contribution is 2.30. The first-order chi connectivity index (χ1) is 13.5. The SMILES string of the molecule is CC(c1cccnc1)N(C(=O)Nc1cc(F)cc(F)c1)C1CCCCCCC1. The average molecular weight is 387 g/mol. The summed E-state index contributed by atoms with van der Waals surface area (Å²) in [6, 6.07) is 6.39. The van der Waals surface area contributed by atoms with Crippen LogP contribution in [-0.2, 0) is 0 Å². The van der Waals surface area contributed by atoms with Crippen LogP contribution < -0.4 is 5.32 Å². The van der Waals surface area contributed by atoms with E-state index in [0.717, 1.165) is 49.4 Å². The number of carbonyl (C=O) groups is 1. The number of nitrogens with one attached hydrogen (secondary N) is 1. The van der Waals surface area contributed by atoms with Crippen LogP contribution in [0.25, 0.3) is 0 Å². The van der Waals surface area contributed by atoms with E-state index in [0.29, 0.717) is 0 Å². The second-order valence-electron chi connectivity index (χ2n) is 7.46. The lowest BCUT2D eigenvalue weighted by atomic mass is 9.94. The number of urea groups is 1. The molecule has 1 atom stereocenters. The number of hydrogen-bond donors (Lipinski definition) is 1. The van der Waals surface area contributed by atoms with Gasteiger partial charge in [0.05, 0.1) is 6.04 Å². The molecule has 150 valence electrons. The number of aromatic nitrogens is 1. The lowest BCUT2D eigenvalue weighted by Crippen LogP contribution is -2.44. The van der Waals surface area contributed by atoms with Crippen molar-refractivity contribution in [1.82, 2.24) is 9.88 Å². The van der Waals surface area contributed by atoms with Gasteiger partial charge in [-0.2, -0.15) is 0 Å². The Labute approximate surface area is 165 Å². The maximum Gasteiger partial charge on any atom is 0.322 e. The Morgan fingerprint density at radius 3 is 2.36 bits per heavy atom. The van der Waals surface area contributed by atoms with E-state index in [4.69, 9.17) is 0 Å². The molecular weight excluding hydrogens is 360 g/mol. The minimum atomic E-state index is -0.715. The van der Waals surface area contributed by atoms with Gasteiger partial charge in [-0.15, -0.1) is 0 Å². The predicted molar refractivity (Wildman–Crippen MR) is 106 cm³/mol. The Kier molecular flexibility index (Phi) is 6.95. The third-order valence-electron chi connectivity index (χ3n) is 5.40. The molecule has 28 heavy (non-hydrogen) atoms. The minimum absolute atomic E-state index is 0.0777. The molecular formula is C22H27F2N3O. The minimum Gasteiger partial charge on any atom is -0.315 e. The van der Waals surface area contributed by atoms with Crippen LogP contribution in [0.3, 0.4) is 0 Å². The number of rotatable bonds is 4. The van der Waals surface area contributed by atoms with E-state index in [1.807, 2.05) is 24.0 Å². The summed E-state index contributed by atoms with van der Waals surface area (Å²) in [5, 5.41) is 2.69. The summed E-state index contributed by atoms with van der Waals surface area (Å²) in [6.07, 6.45) is 11.0. The van der Waals surface area contributed by atoms with Crippen LogP contribution in [0, 0.1) is 11.6 Å². The molecule has 1 aromatic carbocycles. The molecule has 1 heterocycles. The topological polar surface area (TPSA) is 45.2 Å². The molecule has 1 unspecified atom stereocenters. The number of hydrogen-bond acceptors (Lipinski definition) is 2. The number of carbonyl (C=O) groups excluding carboxylic acids is 1. The smallest absolute Gasteiger partial charge is 0.315 e. The zero-order chi connectivity index (χ0) is 19.9. The highest BCUT2D eigenvalue weighted by atomic mass is 19.1. The molecule has 2 amide bonds. The van der Waals surface area contributed by atoms with Crippen molar-refractivity contribution >= 4 is 11.7 Å². The monoisotopic (exact) mass is 387 g/mol. The van der Waals surface area contributed by atoms with E-state index in [2.05, 4.69) is 10.3 Å². The lowest BCUT2D eigenvalue weighted by Gasteiger charge is -2.37. The zero-order valence-electron chi connectivity index (χ0n) is 16.2. The van der Waals surface area contributed by atoms with Gasteiger partial charge in [-0.3, -0.25) is 4.98 Å². The number of halogens is 2. The molecule has 1 fully saturated rings. The van der Waals surface area contributed by atoms with Gasteiger partial charge in [0.1, 0.15) is 11.6 Å². The second kappa shape index (κ2) is 9.62. The quantitative estimate of drug-likeness (QED) is 0.692. The summed E-state index contributed by atoms with van der Waals surface area (Å²) in [6.45, 7) is 1.97. The molecule has 2 aromatic rings. The largest absolute Gasteiger partial charge is 0.322 e. The van der Waals surface area contributed by atoms with Crippen molar-refractivity contribution < 1.29 is 13.6 Å². The number of benzene rings is 1. The van der Waals surface area contributed by atoms with E-state index in [1.54, 1.807) is 12.4 Å². The van der Waals surface area contributed by atoms with E-state index >= 15 is 0 Å².